The van der Waals surface area contributed by atoms with E-state index in [2.05, 4.69) is 51.9 Å². The first-order valence-electron chi connectivity index (χ1n) is 6.34. The molecule has 0 aliphatic rings. The van der Waals surface area contributed by atoms with Gasteiger partial charge in [0.25, 0.3) is 0 Å². The molecule has 0 saturated carbocycles. The van der Waals surface area contributed by atoms with Crippen molar-refractivity contribution in [1.82, 2.24) is 10.2 Å². The summed E-state index contributed by atoms with van der Waals surface area (Å²) in [4.78, 5) is 2.45. The molecule has 0 heterocycles. The third-order valence-electron chi connectivity index (χ3n) is 2.80. The smallest absolute Gasteiger partial charge is 0.0189 e. The van der Waals surface area contributed by atoms with Crippen LogP contribution < -0.4 is 5.32 Å². The molecule has 0 bridgehead atoms. The molecule has 1 N–H and O–H groups in total. The number of hydrogen-bond acceptors (Lipinski definition) is 2. The number of hydrogen-bond donors (Lipinski definition) is 1. The Morgan fingerprint density at radius 1 is 0.933 bits per heavy atom. The van der Waals surface area contributed by atoms with Crippen LogP contribution >= 0.6 is 0 Å². The molecule has 0 radical (unpaired) electrons. The minimum absolute atomic E-state index is 0.641. The summed E-state index contributed by atoms with van der Waals surface area (Å²) in [5.74, 6) is 1.56. The highest BCUT2D eigenvalue weighted by Gasteiger charge is 2.08. The first-order chi connectivity index (χ1) is 6.93. The minimum Gasteiger partial charge on any atom is -0.315 e. The largest absolute Gasteiger partial charge is 0.315 e. The molecule has 0 aromatic heterocycles. The van der Waals surface area contributed by atoms with Gasteiger partial charge in [0.05, 0.1) is 0 Å². The van der Waals surface area contributed by atoms with Crippen LogP contribution in [0.5, 0.6) is 0 Å². The van der Waals surface area contributed by atoms with Crippen LogP contribution in [0.3, 0.4) is 0 Å². The Bertz CT molecular complexity index is 143. The third-order valence-corrected chi connectivity index (χ3v) is 2.80. The molecule has 15 heavy (non-hydrogen) atoms. The van der Waals surface area contributed by atoms with E-state index in [1.807, 2.05) is 0 Å². The van der Waals surface area contributed by atoms with Gasteiger partial charge in [-0.3, -0.25) is 0 Å². The van der Waals surface area contributed by atoms with E-state index in [0.717, 1.165) is 24.9 Å². The van der Waals surface area contributed by atoms with Gasteiger partial charge in [0.1, 0.15) is 0 Å². The fourth-order valence-electron chi connectivity index (χ4n) is 1.42. The van der Waals surface area contributed by atoms with Gasteiger partial charge in [-0.25, -0.2) is 0 Å². The van der Waals surface area contributed by atoms with E-state index in [0.29, 0.717) is 6.04 Å². The maximum Gasteiger partial charge on any atom is 0.0189 e. The summed E-state index contributed by atoms with van der Waals surface area (Å²) in [7, 11) is 2.23. The quantitative estimate of drug-likeness (QED) is 0.668. The zero-order chi connectivity index (χ0) is 11.8. The van der Waals surface area contributed by atoms with Crippen molar-refractivity contribution in [2.24, 2.45) is 11.8 Å². The second kappa shape index (κ2) is 8.12. The Morgan fingerprint density at radius 3 is 2.00 bits per heavy atom. The van der Waals surface area contributed by atoms with Crippen molar-refractivity contribution in [3.05, 3.63) is 0 Å². The van der Waals surface area contributed by atoms with Crippen molar-refractivity contribution in [3.8, 4) is 0 Å². The van der Waals surface area contributed by atoms with Crippen molar-refractivity contribution >= 4 is 0 Å². The molecule has 0 aromatic carbocycles. The van der Waals surface area contributed by atoms with Crippen molar-refractivity contribution < 1.29 is 0 Å². The molecule has 92 valence electrons. The van der Waals surface area contributed by atoms with Gasteiger partial charge >= 0.3 is 0 Å². The SMILES string of the molecule is CC(C)CCN(C)C(C)CNCC(C)C. The Kier molecular flexibility index (Phi) is 8.07. The fourth-order valence-corrected chi connectivity index (χ4v) is 1.42. The standard InChI is InChI=1S/C13H30N2/c1-11(2)7-8-15(6)13(5)10-14-9-12(3)4/h11-14H,7-10H2,1-6H3. The molecular weight excluding hydrogens is 184 g/mol. The normalized spacial score (nSPS) is 14.2. The van der Waals surface area contributed by atoms with Gasteiger partial charge in [-0.1, -0.05) is 27.7 Å². The second-order valence-corrected chi connectivity index (χ2v) is 5.56. The fraction of sp³-hybridized carbons (Fsp3) is 1.00. The van der Waals surface area contributed by atoms with Gasteiger partial charge in [-0.2, -0.15) is 0 Å². The van der Waals surface area contributed by atoms with Gasteiger partial charge in [-0.05, 0) is 45.3 Å². The molecule has 0 amide bonds. The van der Waals surface area contributed by atoms with Crippen LogP contribution in [0.4, 0.5) is 0 Å². The topological polar surface area (TPSA) is 15.3 Å². The average molecular weight is 214 g/mol. The van der Waals surface area contributed by atoms with E-state index in [9.17, 15) is 0 Å². The van der Waals surface area contributed by atoms with Gasteiger partial charge in [0.15, 0.2) is 0 Å². The lowest BCUT2D eigenvalue weighted by molar-refractivity contribution is 0.236. The van der Waals surface area contributed by atoms with Crippen LogP contribution in [0, 0.1) is 11.8 Å². The summed E-state index contributed by atoms with van der Waals surface area (Å²) in [6.45, 7) is 14.8. The summed E-state index contributed by atoms with van der Waals surface area (Å²) in [6, 6.07) is 0.641. The first-order valence-corrected chi connectivity index (χ1v) is 6.34. The summed E-state index contributed by atoms with van der Waals surface area (Å²) in [5.41, 5.74) is 0. The van der Waals surface area contributed by atoms with Crippen LogP contribution in [0.2, 0.25) is 0 Å². The highest BCUT2D eigenvalue weighted by atomic mass is 15.1. The Hall–Kier alpha value is -0.0800. The van der Waals surface area contributed by atoms with Crippen LogP contribution in [-0.2, 0) is 0 Å². The van der Waals surface area contributed by atoms with Crippen LogP contribution in [-0.4, -0.2) is 37.6 Å². The van der Waals surface area contributed by atoms with Gasteiger partial charge in [-0.15, -0.1) is 0 Å². The van der Waals surface area contributed by atoms with Gasteiger partial charge < -0.3 is 10.2 Å². The molecule has 2 heteroatoms. The molecular formula is C13H30N2. The molecule has 1 atom stereocenters. The molecule has 2 nitrogen and oxygen atoms in total. The van der Waals surface area contributed by atoms with E-state index in [1.54, 1.807) is 0 Å². The van der Waals surface area contributed by atoms with Crippen molar-refractivity contribution in [3.63, 3.8) is 0 Å². The first kappa shape index (κ1) is 14.9. The van der Waals surface area contributed by atoms with Crippen molar-refractivity contribution in [2.75, 3.05) is 26.7 Å². The van der Waals surface area contributed by atoms with Gasteiger partial charge in [0, 0.05) is 12.6 Å². The number of nitrogens with one attached hydrogen (secondary N) is 1. The molecule has 0 rings (SSSR count). The van der Waals surface area contributed by atoms with E-state index >= 15 is 0 Å². The Balaban J connectivity index is 3.55. The van der Waals surface area contributed by atoms with Crippen LogP contribution in [0.25, 0.3) is 0 Å². The zero-order valence-electron chi connectivity index (χ0n) is 11.5. The van der Waals surface area contributed by atoms with E-state index < -0.39 is 0 Å². The summed E-state index contributed by atoms with van der Waals surface area (Å²) in [5, 5.41) is 3.51. The molecule has 1 unspecified atom stereocenters. The molecule has 0 fully saturated rings. The van der Waals surface area contributed by atoms with E-state index in [4.69, 9.17) is 0 Å². The van der Waals surface area contributed by atoms with Crippen molar-refractivity contribution in [2.45, 2.75) is 47.1 Å². The Morgan fingerprint density at radius 2 is 1.53 bits per heavy atom. The average Bonchev–Trinajstić information content (AvgIpc) is 2.13. The van der Waals surface area contributed by atoms with Crippen LogP contribution in [0.1, 0.15) is 41.0 Å². The highest BCUT2D eigenvalue weighted by Crippen LogP contribution is 2.03. The zero-order valence-corrected chi connectivity index (χ0v) is 11.5. The summed E-state index contributed by atoms with van der Waals surface area (Å²) >= 11 is 0. The molecule has 0 aromatic rings. The Labute approximate surface area is 96.4 Å². The number of rotatable bonds is 8. The summed E-state index contributed by atoms with van der Waals surface area (Å²) < 4.78 is 0. The van der Waals surface area contributed by atoms with E-state index in [-0.39, 0.29) is 0 Å². The van der Waals surface area contributed by atoms with Gasteiger partial charge in [0.2, 0.25) is 0 Å². The maximum absolute atomic E-state index is 3.51. The van der Waals surface area contributed by atoms with Crippen LogP contribution in [0.15, 0.2) is 0 Å². The lowest BCUT2D eigenvalue weighted by Crippen LogP contribution is -2.39. The predicted octanol–water partition coefficient (Wildman–Crippen LogP) is 2.60. The monoisotopic (exact) mass is 214 g/mol. The summed E-state index contributed by atoms with van der Waals surface area (Å²) in [6.07, 6.45) is 1.30. The lowest BCUT2D eigenvalue weighted by Gasteiger charge is -2.26. The molecule has 0 spiro atoms. The lowest BCUT2D eigenvalue weighted by atomic mass is 10.1. The minimum atomic E-state index is 0.641. The number of likely N-dealkylation sites (N-methyl/N-ethyl adjacent to an activating group) is 1. The molecule has 0 saturated heterocycles. The highest BCUT2D eigenvalue weighted by molar-refractivity contribution is 4.67. The second-order valence-electron chi connectivity index (χ2n) is 5.56. The van der Waals surface area contributed by atoms with Crippen molar-refractivity contribution in [1.29, 1.82) is 0 Å². The molecule has 0 aliphatic heterocycles. The third kappa shape index (κ3) is 8.88. The number of nitrogens with zero attached hydrogens (tertiary/aromatic N) is 1. The molecule has 0 aliphatic carbocycles. The maximum atomic E-state index is 3.51. The van der Waals surface area contributed by atoms with E-state index in [1.165, 1.54) is 13.0 Å². The predicted molar refractivity (Wildman–Crippen MR) is 69.3 cm³/mol.